The maximum absolute atomic E-state index is 13.3. The van der Waals surface area contributed by atoms with Gasteiger partial charge in [-0.15, -0.1) is 0 Å². The Bertz CT molecular complexity index is 857. The molecule has 5 nitrogen and oxygen atoms in total. The van der Waals surface area contributed by atoms with Crippen molar-refractivity contribution in [3.8, 4) is 5.75 Å². The van der Waals surface area contributed by atoms with Gasteiger partial charge in [-0.05, 0) is 49.9 Å². The molecule has 1 aliphatic rings. The highest BCUT2D eigenvalue weighted by Crippen LogP contribution is 2.19. The molecular weight excluding hydrogens is 376 g/mol. The minimum atomic E-state index is -0.537. The van der Waals surface area contributed by atoms with E-state index in [0.29, 0.717) is 6.54 Å². The number of hydrogen-bond donors (Lipinski definition) is 1. The van der Waals surface area contributed by atoms with Crippen LogP contribution < -0.4 is 10.1 Å². The third-order valence-electron chi connectivity index (χ3n) is 5.82. The van der Waals surface area contributed by atoms with E-state index in [9.17, 15) is 9.59 Å². The highest BCUT2D eigenvalue weighted by Gasteiger charge is 2.28. The minimum absolute atomic E-state index is 0.0505. The summed E-state index contributed by atoms with van der Waals surface area (Å²) in [6, 6.07) is 15.3. The lowest BCUT2D eigenvalue weighted by Gasteiger charge is -2.30. The van der Waals surface area contributed by atoms with Crippen LogP contribution in [0.2, 0.25) is 0 Å². The molecule has 2 aromatic rings. The molecule has 0 unspecified atom stereocenters. The Kier molecular flexibility index (Phi) is 7.50. The van der Waals surface area contributed by atoms with E-state index in [1.54, 1.807) is 12.0 Å². The van der Waals surface area contributed by atoms with Crippen molar-refractivity contribution in [2.75, 3.05) is 7.11 Å². The third-order valence-corrected chi connectivity index (χ3v) is 5.82. The predicted octanol–water partition coefficient (Wildman–Crippen LogP) is 4.02. The quantitative estimate of drug-likeness (QED) is 0.718. The second-order valence-electron chi connectivity index (χ2n) is 8.20. The molecule has 0 saturated heterocycles. The first-order valence-corrected chi connectivity index (χ1v) is 10.7. The van der Waals surface area contributed by atoms with Crippen LogP contribution in [-0.2, 0) is 22.6 Å². The van der Waals surface area contributed by atoms with E-state index in [4.69, 9.17) is 4.74 Å². The normalized spacial score (nSPS) is 14.9. The largest absolute Gasteiger partial charge is 0.497 e. The number of nitrogens with zero attached hydrogens (tertiary/aromatic N) is 1. The fourth-order valence-corrected chi connectivity index (χ4v) is 4.00. The van der Waals surface area contributed by atoms with Gasteiger partial charge in [0.05, 0.1) is 13.5 Å². The van der Waals surface area contributed by atoms with Crippen molar-refractivity contribution in [3.05, 3.63) is 65.2 Å². The molecule has 2 aromatic carbocycles. The van der Waals surface area contributed by atoms with Crippen LogP contribution in [0.3, 0.4) is 0 Å². The van der Waals surface area contributed by atoms with Crippen molar-refractivity contribution in [3.63, 3.8) is 0 Å². The van der Waals surface area contributed by atoms with Gasteiger partial charge in [0.2, 0.25) is 11.8 Å². The van der Waals surface area contributed by atoms with Gasteiger partial charge in [0.15, 0.2) is 0 Å². The van der Waals surface area contributed by atoms with Crippen molar-refractivity contribution >= 4 is 11.8 Å². The number of methoxy groups -OCH3 is 1. The lowest BCUT2D eigenvalue weighted by atomic mass is 10.1. The summed E-state index contributed by atoms with van der Waals surface area (Å²) in [5, 5.41) is 3.14. The number of carbonyl (C=O) groups excluding carboxylic acids is 2. The standard InChI is InChI=1S/C25H32N2O3/c1-18-7-6-8-21(15-18)16-24(28)27(17-20-11-13-23(30-3)14-12-20)19(2)25(29)26-22-9-4-5-10-22/h6-8,11-15,19,22H,4-5,9-10,16-17H2,1-3H3,(H,26,29)/t19-/m0/s1. The van der Waals surface area contributed by atoms with Gasteiger partial charge in [0.1, 0.15) is 11.8 Å². The molecule has 1 N–H and O–H groups in total. The van der Waals surface area contributed by atoms with E-state index >= 15 is 0 Å². The van der Waals surface area contributed by atoms with Gasteiger partial charge < -0.3 is 15.0 Å². The molecule has 1 fully saturated rings. The van der Waals surface area contributed by atoms with Crippen LogP contribution in [0.4, 0.5) is 0 Å². The Morgan fingerprint density at radius 1 is 1.10 bits per heavy atom. The van der Waals surface area contributed by atoms with Crippen LogP contribution in [0.1, 0.15) is 49.3 Å². The first-order valence-electron chi connectivity index (χ1n) is 10.7. The molecule has 0 bridgehead atoms. The summed E-state index contributed by atoms with van der Waals surface area (Å²) in [6.07, 6.45) is 4.63. The summed E-state index contributed by atoms with van der Waals surface area (Å²) in [7, 11) is 1.63. The van der Waals surface area contributed by atoms with Gasteiger partial charge in [-0.2, -0.15) is 0 Å². The summed E-state index contributed by atoms with van der Waals surface area (Å²) in [5.41, 5.74) is 3.05. The van der Waals surface area contributed by atoms with E-state index in [0.717, 1.165) is 48.1 Å². The minimum Gasteiger partial charge on any atom is -0.497 e. The van der Waals surface area contributed by atoms with Crippen molar-refractivity contribution < 1.29 is 14.3 Å². The van der Waals surface area contributed by atoms with Gasteiger partial charge in [0.25, 0.3) is 0 Å². The topological polar surface area (TPSA) is 58.6 Å². The second-order valence-corrected chi connectivity index (χ2v) is 8.20. The predicted molar refractivity (Wildman–Crippen MR) is 118 cm³/mol. The lowest BCUT2D eigenvalue weighted by Crippen LogP contribution is -2.50. The van der Waals surface area contributed by atoms with Crippen molar-refractivity contribution in [2.24, 2.45) is 0 Å². The lowest BCUT2D eigenvalue weighted by molar-refractivity contribution is -0.140. The number of nitrogens with one attached hydrogen (secondary N) is 1. The molecule has 1 aliphatic carbocycles. The molecule has 5 heteroatoms. The monoisotopic (exact) mass is 408 g/mol. The van der Waals surface area contributed by atoms with Crippen molar-refractivity contribution in [1.29, 1.82) is 0 Å². The molecule has 3 rings (SSSR count). The van der Waals surface area contributed by atoms with Gasteiger partial charge in [-0.3, -0.25) is 9.59 Å². The van der Waals surface area contributed by atoms with Crippen LogP contribution in [0.25, 0.3) is 0 Å². The van der Waals surface area contributed by atoms with Crippen LogP contribution in [0, 0.1) is 6.92 Å². The summed E-state index contributed by atoms with van der Waals surface area (Å²) in [4.78, 5) is 27.9. The summed E-state index contributed by atoms with van der Waals surface area (Å²) in [6.45, 7) is 4.22. The molecule has 30 heavy (non-hydrogen) atoms. The average molecular weight is 409 g/mol. The second kappa shape index (κ2) is 10.3. The van der Waals surface area contributed by atoms with Crippen LogP contribution in [-0.4, -0.2) is 35.9 Å². The average Bonchev–Trinajstić information content (AvgIpc) is 3.25. The maximum atomic E-state index is 13.3. The zero-order valence-corrected chi connectivity index (χ0v) is 18.2. The fourth-order valence-electron chi connectivity index (χ4n) is 4.00. The number of benzene rings is 2. The number of rotatable bonds is 8. The van der Waals surface area contributed by atoms with Gasteiger partial charge in [-0.25, -0.2) is 0 Å². The van der Waals surface area contributed by atoms with Crippen molar-refractivity contribution in [1.82, 2.24) is 10.2 Å². The third kappa shape index (κ3) is 5.85. The van der Waals surface area contributed by atoms with E-state index in [1.807, 2.05) is 62.4 Å². The molecule has 0 spiro atoms. The summed E-state index contributed by atoms with van der Waals surface area (Å²) in [5.74, 6) is 0.641. The molecule has 160 valence electrons. The molecule has 0 heterocycles. The molecule has 1 atom stereocenters. The first kappa shape index (κ1) is 21.9. The highest BCUT2D eigenvalue weighted by atomic mass is 16.5. The molecule has 1 saturated carbocycles. The van der Waals surface area contributed by atoms with Crippen molar-refractivity contribution in [2.45, 2.75) is 64.6 Å². The zero-order chi connectivity index (χ0) is 21.5. The molecule has 0 radical (unpaired) electrons. The summed E-state index contributed by atoms with van der Waals surface area (Å²) < 4.78 is 5.23. The Morgan fingerprint density at radius 3 is 2.43 bits per heavy atom. The van der Waals surface area contributed by atoms with Crippen LogP contribution in [0.5, 0.6) is 5.75 Å². The summed E-state index contributed by atoms with van der Waals surface area (Å²) >= 11 is 0. The van der Waals surface area contributed by atoms with Gasteiger partial charge in [-0.1, -0.05) is 54.8 Å². The highest BCUT2D eigenvalue weighted by molar-refractivity contribution is 5.88. The van der Waals surface area contributed by atoms with Crippen LogP contribution in [0.15, 0.2) is 48.5 Å². The Morgan fingerprint density at radius 2 is 1.80 bits per heavy atom. The smallest absolute Gasteiger partial charge is 0.242 e. The van der Waals surface area contributed by atoms with E-state index in [-0.39, 0.29) is 24.3 Å². The van der Waals surface area contributed by atoms with Crippen LogP contribution >= 0.6 is 0 Å². The Hall–Kier alpha value is -2.82. The number of amides is 2. The number of hydrogen-bond acceptors (Lipinski definition) is 3. The Labute approximate surface area is 179 Å². The number of ether oxygens (including phenoxy) is 1. The Balaban J connectivity index is 1.76. The van der Waals surface area contributed by atoms with E-state index in [2.05, 4.69) is 5.32 Å². The number of aryl methyl sites for hydroxylation is 1. The van der Waals surface area contributed by atoms with E-state index in [1.165, 1.54) is 0 Å². The number of carbonyl (C=O) groups is 2. The fraction of sp³-hybridized carbons (Fsp3) is 0.440. The molecule has 0 aromatic heterocycles. The molecule has 2 amide bonds. The first-order chi connectivity index (χ1) is 14.5. The molecule has 0 aliphatic heterocycles. The SMILES string of the molecule is COc1ccc(CN(C(=O)Cc2cccc(C)c2)[C@@H](C)C(=O)NC2CCCC2)cc1. The maximum Gasteiger partial charge on any atom is 0.242 e. The van der Waals surface area contributed by atoms with Gasteiger partial charge in [0, 0.05) is 12.6 Å². The molecular formula is C25H32N2O3. The van der Waals surface area contributed by atoms with Gasteiger partial charge >= 0.3 is 0 Å². The van der Waals surface area contributed by atoms with E-state index < -0.39 is 6.04 Å². The zero-order valence-electron chi connectivity index (χ0n) is 18.2.